The smallest absolute Gasteiger partial charge is 0.225 e. The highest BCUT2D eigenvalue weighted by Gasteiger charge is 2.34. The average Bonchev–Trinajstić information content (AvgIpc) is 3.38. The third kappa shape index (κ3) is 4.52. The molecule has 2 saturated heterocycles. The fourth-order valence-corrected chi connectivity index (χ4v) is 4.57. The van der Waals surface area contributed by atoms with Crippen LogP contribution in [0.2, 0.25) is 0 Å². The normalized spacial score (nSPS) is 19.9. The monoisotopic (exact) mass is 399 g/mol. The topological polar surface area (TPSA) is 65.8 Å². The van der Waals surface area contributed by atoms with Crippen molar-refractivity contribution in [2.24, 2.45) is 5.92 Å². The van der Waals surface area contributed by atoms with Crippen LogP contribution in [-0.4, -0.2) is 47.9 Å². The zero-order valence-electron chi connectivity index (χ0n) is 15.8. The number of anilines is 1. The van der Waals surface area contributed by atoms with Crippen LogP contribution in [0.4, 0.5) is 5.69 Å². The molecule has 0 radical (unpaired) electrons. The number of thioether (sulfide) groups is 1. The average molecular weight is 400 g/mol. The van der Waals surface area contributed by atoms with Crippen LogP contribution < -0.4 is 10.2 Å². The molecule has 2 aliphatic heterocycles. The van der Waals surface area contributed by atoms with Crippen LogP contribution in [0.1, 0.15) is 17.7 Å². The van der Waals surface area contributed by atoms with E-state index < -0.39 is 0 Å². The van der Waals surface area contributed by atoms with E-state index in [2.05, 4.69) is 34.5 Å². The quantitative estimate of drug-likeness (QED) is 0.809. The Kier molecular flexibility index (Phi) is 5.90. The molecule has 1 N–H and O–H groups in total. The molecule has 2 aliphatic rings. The van der Waals surface area contributed by atoms with Crippen molar-refractivity contribution >= 4 is 29.3 Å². The minimum atomic E-state index is -0.299. The molecule has 1 aromatic heterocycles. The summed E-state index contributed by atoms with van der Waals surface area (Å²) in [5.41, 5.74) is 2.31. The molecule has 0 aliphatic carbocycles. The first kappa shape index (κ1) is 18.9. The van der Waals surface area contributed by atoms with Crippen LogP contribution in [-0.2, 0) is 22.7 Å². The van der Waals surface area contributed by atoms with Crippen molar-refractivity contribution in [3.63, 3.8) is 0 Å². The predicted octanol–water partition coefficient (Wildman–Crippen LogP) is 2.50. The van der Waals surface area contributed by atoms with Crippen molar-refractivity contribution in [3.05, 3.63) is 54.0 Å². The number of benzene rings is 1. The Labute approximate surface area is 169 Å². The van der Waals surface area contributed by atoms with Gasteiger partial charge in [0.1, 0.15) is 5.76 Å². The van der Waals surface area contributed by atoms with E-state index in [1.165, 1.54) is 17.2 Å². The summed E-state index contributed by atoms with van der Waals surface area (Å²) < 4.78 is 5.30. The summed E-state index contributed by atoms with van der Waals surface area (Å²) in [5, 5.41) is 2.98. The molecule has 1 atom stereocenters. The van der Waals surface area contributed by atoms with E-state index >= 15 is 0 Å². The highest BCUT2D eigenvalue weighted by atomic mass is 32.2. The van der Waals surface area contributed by atoms with Crippen LogP contribution in [0, 0.1) is 5.92 Å². The molecule has 0 saturated carbocycles. The van der Waals surface area contributed by atoms with Crippen LogP contribution >= 0.6 is 11.8 Å². The SMILES string of the molecule is O=C(NCc1ccc(N2CCSCC2)cc1)[C@H]1CC(=O)N(Cc2ccco2)C1. The third-order valence-corrected chi connectivity index (χ3v) is 6.23. The molecule has 2 aromatic rings. The standard InChI is InChI=1S/C21H25N3O3S/c25-20-12-17(14-24(20)15-19-2-1-9-27-19)21(26)22-13-16-3-5-18(6-4-16)23-7-10-28-11-8-23/h1-6,9,17H,7-8,10-15H2,(H,22,26)/t17-/m0/s1. The van der Waals surface area contributed by atoms with Crippen molar-refractivity contribution in [1.29, 1.82) is 0 Å². The summed E-state index contributed by atoms with van der Waals surface area (Å²) in [6.45, 7) is 3.52. The summed E-state index contributed by atoms with van der Waals surface area (Å²) in [6, 6.07) is 12.0. The first-order valence-corrected chi connectivity index (χ1v) is 10.8. The lowest BCUT2D eigenvalue weighted by Gasteiger charge is -2.28. The van der Waals surface area contributed by atoms with Crippen molar-refractivity contribution in [2.75, 3.05) is 36.0 Å². The number of likely N-dealkylation sites (tertiary alicyclic amines) is 1. The van der Waals surface area contributed by atoms with Crippen molar-refractivity contribution in [3.8, 4) is 0 Å². The highest BCUT2D eigenvalue weighted by molar-refractivity contribution is 7.99. The van der Waals surface area contributed by atoms with E-state index in [0.29, 0.717) is 19.6 Å². The van der Waals surface area contributed by atoms with E-state index in [-0.39, 0.29) is 24.2 Å². The summed E-state index contributed by atoms with van der Waals surface area (Å²) in [7, 11) is 0. The zero-order valence-corrected chi connectivity index (χ0v) is 16.6. The Morgan fingerprint density at radius 1 is 1.18 bits per heavy atom. The lowest BCUT2D eigenvalue weighted by Crippen LogP contribution is -2.33. The number of nitrogens with one attached hydrogen (secondary N) is 1. The first-order valence-electron chi connectivity index (χ1n) is 9.68. The molecular formula is C21H25N3O3S. The second kappa shape index (κ2) is 8.73. The molecule has 4 rings (SSSR count). The van der Waals surface area contributed by atoms with Crippen molar-refractivity contribution < 1.29 is 14.0 Å². The molecule has 28 heavy (non-hydrogen) atoms. The minimum absolute atomic E-state index is 0.000553. The summed E-state index contributed by atoms with van der Waals surface area (Å²) >= 11 is 2.00. The number of hydrogen-bond donors (Lipinski definition) is 1. The van der Waals surface area contributed by atoms with Gasteiger partial charge in [0.05, 0.1) is 18.7 Å². The van der Waals surface area contributed by atoms with E-state index in [9.17, 15) is 9.59 Å². The summed E-state index contributed by atoms with van der Waals surface area (Å²) in [6.07, 6.45) is 1.86. The van der Waals surface area contributed by atoms with E-state index in [1.807, 2.05) is 17.8 Å². The maximum Gasteiger partial charge on any atom is 0.225 e. The lowest BCUT2D eigenvalue weighted by molar-refractivity contribution is -0.129. The maximum absolute atomic E-state index is 12.5. The fourth-order valence-electron chi connectivity index (χ4n) is 3.67. The molecule has 0 bridgehead atoms. The Hall–Kier alpha value is -2.41. The van der Waals surface area contributed by atoms with Gasteiger partial charge in [-0.2, -0.15) is 11.8 Å². The summed E-state index contributed by atoms with van der Waals surface area (Å²) in [5.74, 6) is 2.73. The molecule has 3 heterocycles. The molecule has 6 nitrogen and oxygen atoms in total. The highest BCUT2D eigenvalue weighted by Crippen LogP contribution is 2.22. The van der Waals surface area contributed by atoms with Gasteiger partial charge in [0.2, 0.25) is 11.8 Å². The number of carbonyl (C=O) groups excluding carboxylic acids is 2. The maximum atomic E-state index is 12.5. The Bertz CT molecular complexity index is 801. The van der Waals surface area contributed by atoms with Gasteiger partial charge in [-0.3, -0.25) is 9.59 Å². The molecule has 2 amide bonds. The first-order chi connectivity index (χ1) is 13.7. The second-order valence-corrected chi connectivity index (χ2v) is 8.46. The van der Waals surface area contributed by atoms with Gasteiger partial charge in [-0.15, -0.1) is 0 Å². The van der Waals surface area contributed by atoms with Crippen LogP contribution in [0.15, 0.2) is 47.1 Å². The molecule has 1 aromatic carbocycles. The van der Waals surface area contributed by atoms with Crippen LogP contribution in [0.3, 0.4) is 0 Å². The number of amides is 2. The van der Waals surface area contributed by atoms with E-state index in [0.717, 1.165) is 24.4 Å². The number of hydrogen-bond acceptors (Lipinski definition) is 5. The number of carbonyl (C=O) groups is 2. The van der Waals surface area contributed by atoms with Gasteiger partial charge < -0.3 is 19.5 Å². The Morgan fingerprint density at radius 2 is 1.96 bits per heavy atom. The van der Waals surface area contributed by atoms with Crippen LogP contribution in [0.25, 0.3) is 0 Å². The van der Waals surface area contributed by atoms with Gasteiger partial charge in [-0.25, -0.2) is 0 Å². The van der Waals surface area contributed by atoms with Gasteiger partial charge >= 0.3 is 0 Å². The molecule has 0 spiro atoms. The van der Waals surface area contributed by atoms with Gasteiger partial charge in [0.25, 0.3) is 0 Å². The Balaban J connectivity index is 1.26. The van der Waals surface area contributed by atoms with Gasteiger partial charge in [-0.1, -0.05) is 12.1 Å². The van der Waals surface area contributed by atoms with Crippen molar-refractivity contribution in [1.82, 2.24) is 10.2 Å². The fraction of sp³-hybridized carbons (Fsp3) is 0.429. The van der Waals surface area contributed by atoms with E-state index in [1.54, 1.807) is 17.2 Å². The largest absolute Gasteiger partial charge is 0.467 e. The predicted molar refractivity (Wildman–Crippen MR) is 110 cm³/mol. The zero-order chi connectivity index (χ0) is 19.3. The second-order valence-electron chi connectivity index (χ2n) is 7.24. The van der Waals surface area contributed by atoms with Gasteiger partial charge in [-0.05, 0) is 29.8 Å². The van der Waals surface area contributed by atoms with Gasteiger partial charge in [0, 0.05) is 49.8 Å². The molecule has 7 heteroatoms. The van der Waals surface area contributed by atoms with Crippen LogP contribution in [0.5, 0.6) is 0 Å². The number of furan rings is 1. The third-order valence-electron chi connectivity index (χ3n) is 5.29. The van der Waals surface area contributed by atoms with E-state index in [4.69, 9.17) is 4.42 Å². The number of rotatable bonds is 6. The van der Waals surface area contributed by atoms with Gasteiger partial charge in [0.15, 0.2) is 0 Å². The number of nitrogens with zero attached hydrogens (tertiary/aromatic N) is 2. The molecule has 0 unspecified atom stereocenters. The van der Waals surface area contributed by atoms with Crippen molar-refractivity contribution in [2.45, 2.75) is 19.5 Å². The molecular weight excluding hydrogens is 374 g/mol. The molecule has 2 fully saturated rings. The lowest BCUT2D eigenvalue weighted by atomic mass is 10.1. The molecule has 148 valence electrons. The summed E-state index contributed by atoms with van der Waals surface area (Å²) in [4.78, 5) is 28.8. The minimum Gasteiger partial charge on any atom is -0.467 e. The Morgan fingerprint density at radius 3 is 2.68 bits per heavy atom.